The summed E-state index contributed by atoms with van der Waals surface area (Å²) >= 11 is 1.95. The molecule has 0 saturated carbocycles. The third kappa shape index (κ3) is 4.45. The second-order valence-corrected chi connectivity index (χ2v) is 6.89. The van der Waals surface area contributed by atoms with Crippen molar-refractivity contribution in [1.29, 1.82) is 0 Å². The van der Waals surface area contributed by atoms with Crippen LogP contribution in [0.25, 0.3) is 10.8 Å². The van der Waals surface area contributed by atoms with Crippen molar-refractivity contribution in [3.63, 3.8) is 0 Å². The molecule has 0 atom stereocenters. The van der Waals surface area contributed by atoms with Gasteiger partial charge in [-0.15, -0.1) is 0 Å². The number of aromatic hydroxyl groups is 1. The van der Waals surface area contributed by atoms with E-state index >= 15 is 0 Å². The molecular weight excluding hydrogens is 316 g/mol. The fourth-order valence-electron chi connectivity index (χ4n) is 2.73. The van der Waals surface area contributed by atoms with Gasteiger partial charge >= 0.3 is 0 Å². The van der Waals surface area contributed by atoms with E-state index in [0.29, 0.717) is 5.75 Å². The maximum atomic E-state index is 9.94. The number of phenols is 1. The SMILES string of the molecule is Oc1cccc2c(CCSCCCOc3ccccc3)cccc12. The van der Waals surface area contributed by atoms with Crippen molar-refractivity contribution in [2.24, 2.45) is 0 Å². The lowest BCUT2D eigenvalue weighted by Crippen LogP contribution is -1.99. The van der Waals surface area contributed by atoms with Gasteiger partial charge < -0.3 is 9.84 Å². The molecule has 0 heterocycles. The minimum absolute atomic E-state index is 0.361. The fourth-order valence-corrected chi connectivity index (χ4v) is 3.62. The van der Waals surface area contributed by atoms with Crippen molar-refractivity contribution in [3.8, 4) is 11.5 Å². The van der Waals surface area contributed by atoms with E-state index in [-0.39, 0.29) is 0 Å². The number of hydrogen-bond donors (Lipinski definition) is 1. The van der Waals surface area contributed by atoms with Crippen LogP contribution in [0.1, 0.15) is 12.0 Å². The van der Waals surface area contributed by atoms with E-state index in [2.05, 4.69) is 12.1 Å². The van der Waals surface area contributed by atoms with E-state index in [0.717, 1.165) is 47.5 Å². The van der Waals surface area contributed by atoms with Crippen LogP contribution in [0.15, 0.2) is 66.7 Å². The maximum absolute atomic E-state index is 9.94. The monoisotopic (exact) mass is 338 g/mol. The molecule has 3 heteroatoms. The van der Waals surface area contributed by atoms with E-state index in [1.807, 2.05) is 60.3 Å². The van der Waals surface area contributed by atoms with Gasteiger partial charge in [-0.05, 0) is 53.5 Å². The lowest BCUT2D eigenvalue weighted by atomic mass is 10.0. The molecule has 0 amide bonds. The van der Waals surface area contributed by atoms with Gasteiger partial charge in [-0.25, -0.2) is 0 Å². The molecule has 0 saturated heterocycles. The molecule has 0 aromatic heterocycles. The molecular formula is C21H22O2S. The molecule has 24 heavy (non-hydrogen) atoms. The molecule has 3 aromatic rings. The topological polar surface area (TPSA) is 29.5 Å². The van der Waals surface area contributed by atoms with Crippen molar-refractivity contribution < 1.29 is 9.84 Å². The summed E-state index contributed by atoms with van der Waals surface area (Å²) in [6.07, 6.45) is 2.07. The van der Waals surface area contributed by atoms with Crippen LogP contribution in [0, 0.1) is 0 Å². The first-order chi connectivity index (χ1) is 11.8. The van der Waals surface area contributed by atoms with E-state index in [1.165, 1.54) is 5.56 Å². The standard InChI is InChI=1S/C21H22O2S/c22-21-12-5-10-19-17(7-4-11-20(19)21)13-16-24-15-6-14-23-18-8-2-1-3-9-18/h1-5,7-12,22H,6,13-16H2. The van der Waals surface area contributed by atoms with Crippen molar-refractivity contribution in [3.05, 3.63) is 72.3 Å². The predicted molar refractivity (Wildman–Crippen MR) is 103 cm³/mol. The summed E-state index contributed by atoms with van der Waals surface area (Å²) in [5.41, 5.74) is 1.30. The van der Waals surface area contributed by atoms with Crippen LogP contribution in [0.4, 0.5) is 0 Å². The quantitative estimate of drug-likeness (QED) is 0.566. The van der Waals surface area contributed by atoms with Crippen molar-refractivity contribution in [2.45, 2.75) is 12.8 Å². The predicted octanol–water partition coefficient (Wildman–Crippen LogP) is 5.29. The Morgan fingerprint density at radius 1 is 0.792 bits per heavy atom. The zero-order valence-corrected chi connectivity index (χ0v) is 14.5. The molecule has 0 aliphatic carbocycles. The normalized spacial score (nSPS) is 10.8. The lowest BCUT2D eigenvalue weighted by Gasteiger charge is -2.08. The zero-order valence-electron chi connectivity index (χ0n) is 13.7. The van der Waals surface area contributed by atoms with Crippen LogP contribution >= 0.6 is 11.8 Å². The second-order valence-electron chi connectivity index (χ2n) is 5.67. The third-order valence-electron chi connectivity index (χ3n) is 3.95. The molecule has 3 aromatic carbocycles. The van der Waals surface area contributed by atoms with Crippen LogP contribution in [-0.4, -0.2) is 23.2 Å². The molecule has 0 fully saturated rings. The summed E-state index contributed by atoms with van der Waals surface area (Å²) in [6.45, 7) is 0.763. The van der Waals surface area contributed by atoms with Crippen LogP contribution in [0.2, 0.25) is 0 Å². The number of para-hydroxylation sites is 1. The first-order valence-electron chi connectivity index (χ1n) is 8.30. The van der Waals surface area contributed by atoms with E-state index in [4.69, 9.17) is 4.74 Å². The molecule has 2 nitrogen and oxygen atoms in total. The van der Waals surface area contributed by atoms with Gasteiger partial charge in [-0.2, -0.15) is 11.8 Å². The van der Waals surface area contributed by atoms with Crippen molar-refractivity contribution in [2.75, 3.05) is 18.1 Å². The van der Waals surface area contributed by atoms with Gasteiger partial charge in [0.05, 0.1) is 6.61 Å². The number of hydrogen-bond acceptors (Lipinski definition) is 3. The number of phenolic OH excluding ortho intramolecular Hbond substituents is 1. The Morgan fingerprint density at radius 2 is 1.58 bits per heavy atom. The van der Waals surface area contributed by atoms with Gasteiger partial charge in [-0.1, -0.05) is 48.5 Å². The summed E-state index contributed by atoms with van der Waals surface area (Å²) in [5.74, 6) is 3.49. The zero-order chi connectivity index (χ0) is 16.6. The Kier molecular flexibility index (Phi) is 6.02. The van der Waals surface area contributed by atoms with E-state index < -0.39 is 0 Å². The minimum Gasteiger partial charge on any atom is -0.507 e. The molecule has 3 rings (SSSR count). The molecule has 0 radical (unpaired) electrons. The van der Waals surface area contributed by atoms with Gasteiger partial charge in [0.2, 0.25) is 0 Å². The highest BCUT2D eigenvalue weighted by Crippen LogP contribution is 2.27. The minimum atomic E-state index is 0.361. The number of aryl methyl sites for hydroxylation is 1. The molecule has 0 bridgehead atoms. The highest BCUT2D eigenvalue weighted by atomic mass is 32.2. The number of rotatable bonds is 8. The first kappa shape index (κ1) is 16.7. The molecule has 0 unspecified atom stereocenters. The number of benzene rings is 3. The second kappa shape index (κ2) is 8.65. The fraction of sp³-hybridized carbons (Fsp3) is 0.238. The van der Waals surface area contributed by atoms with Gasteiger partial charge in [-0.3, -0.25) is 0 Å². The van der Waals surface area contributed by atoms with Gasteiger partial charge in [0.25, 0.3) is 0 Å². The molecule has 0 aliphatic rings. The smallest absolute Gasteiger partial charge is 0.123 e. The summed E-state index contributed by atoms with van der Waals surface area (Å²) < 4.78 is 5.70. The lowest BCUT2D eigenvalue weighted by molar-refractivity contribution is 0.319. The Bertz CT molecular complexity index is 771. The summed E-state index contributed by atoms with van der Waals surface area (Å²) in [5, 5.41) is 12.0. The third-order valence-corrected chi connectivity index (χ3v) is 5.02. The van der Waals surface area contributed by atoms with Gasteiger partial charge in [0.1, 0.15) is 11.5 Å². The first-order valence-corrected chi connectivity index (χ1v) is 9.45. The summed E-state index contributed by atoms with van der Waals surface area (Å²) in [7, 11) is 0. The average Bonchev–Trinajstić information content (AvgIpc) is 2.62. The Balaban J connectivity index is 1.40. The van der Waals surface area contributed by atoms with Gasteiger partial charge in [0, 0.05) is 5.39 Å². The number of thioether (sulfide) groups is 1. The molecule has 0 aliphatic heterocycles. The maximum Gasteiger partial charge on any atom is 0.123 e. The highest BCUT2D eigenvalue weighted by Gasteiger charge is 2.04. The summed E-state index contributed by atoms with van der Waals surface area (Å²) in [6, 6.07) is 21.9. The average molecular weight is 338 g/mol. The molecule has 0 spiro atoms. The van der Waals surface area contributed by atoms with Crippen LogP contribution < -0.4 is 4.74 Å². The Hall–Kier alpha value is -2.13. The van der Waals surface area contributed by atoms with E-state index in [9.17, 15) is 5.11 Å². The summed E-state index contributed by atoms with van der Waals surface area (Å²) in [4.78, 5) is 0. The largest absolute Gasteiger partial charge is 0.507 e. The van der Waals surface area contributed by atoms with Gasteiger partial charge in [0.15, 0.2) is 0 Å². The van der Waals surface area contributed by atoms with Crippen LogP contribution in [0.5, 0.6) is 11.5 Å². The highest BCUT2D eigenvalue weighted by molar-refractivity contribution is 7.99. The Labute approximate surface area is 147 Å². The molecule has 1 N–H and O–H groups in total. The van der Waals surface area contributed by atoms with Crippen molar-refractivity contribution in [1.82, 2.24) is 0 Å². The van der Waals surface area contributed by atoms with Crippen molar-refractivity contribution >= 4 is 22.5 Å². The van der Waals surface area contributed by atoms with E-state index in [1.54, 1.807) is 6.07 Å². The Morgan fingerprint density at radius 3 is 2.46 bits per heavy atom. The van der Waals surface area contributed by atoms with Crippen LogP contribution in [0.3, 0.4) is 0 Å². The van der Waals surface area contributed by atoms with Crippen LogP contribution in [-0.2, 0) is 6.42 Å². The number of fused-ring (bicyclic) bond motifs is 1. The molecule has 124 valence electrons. The number of ether oxygens (including phenoxy) is 1.